The zero-order valence-corrected chi connectivity index (χ0v) is 17.2. The minimum Gasteiger partial charge on any atom is -0.338 e. The van der Waals surface area contributed by atoms with Crippen LogP contribution in [0.1, 0.15) is 60.7 Å². The second-order valence-electron chi connectivity index (χ2n) is 7.92. The number of imidazole rings is 1. The van der Waals surface area contributed by atoms with Crippen LogP contribution in [0.4, 0.5) is 0 Å². The first-order valence-electron chi connectivity index (χ1n) is 10.3. The van der Waals surface area contributed by atoms with Crippen molar-refractivity contribution >= 4 is 5.91 Å². The molecule has 6 heteroatoms. The first kappa shape index (κ1) is 19.3. The molecule has 1 aliphatic rings. The van der Waals surface area contributed by atoms with E-state index in [2.05, 4.69) is 33.4 Å². The number of nitrogens with zero attached hydrogens (tertiary/aromatic N) is 5. The Balaban J connectivity index is 1.63. The van der Waals surface area contributed by atoms with Crippen molar-refractivity contribution < 1.29 is 4.79 Å². The summed E-state index contributed by atoms with van der Waals surface area (Å²) in [6.07, 6.45) is 7.57. The summed E-state index contributed by atoms with van der Waals surface area (Å²) in [5, 5.41) is 0. The van der Waals surface area contributed by atoms with E-state index in [0.717, 1.165) is 30.8 Å². The molecule has 0 N–H and O–H groups in total. The van der Waals surface area contributed by atoms with Gasteiger partial charge in [-0.15, -0.1) is 0 Å². The normalized spacial score (nSPS) is 17.0. The molecular weight excluding hydrogens is 362 g/mol. The van der Waals surface area contributed by atoms with Gasteiger partial charge < -0.3 is 9.47 Å². The summed E-state index contributed by atoms with van der Waals surface area (Å²) in [7, 11) is 0. The van der Waals surface area contributed by atoms with Crippen molar-refractivity contribution in [2.45, 2.75) is 45.6 Å². The second kappa shape index (κ2) is 8.15. The highest BCUT2D eigenvalue weighted by Gasteiger charge is 2.30. The predicted molar refractivity (Wildman–Crippen MR) is 113 cm³/mol. The molecule has 0 spiro atoms. The monoisotopic (exact) mass is 389 g/mol. The van der Waals surface area contributed by atoms with Crippen LogP contribution in [0.5, 0.6) is 0 Å². The summed E-state index contributed by atoms with van der Waals surface area (Å²) in [5.41, 5.74) is 2.20. The Labute approximate surface area is 171 Å². The van der Waals surface area contributed by atoms with Gasteiger partial charge in [0, 0.05) is 49.2 Å². The van der Waals surface area contributed by atoms with E-state index in [4.69, 9.17) is 0 Å². The molecule has 1 unspecified atom stereocenters. The number of aromatic nitrogens is 4. The molecule has 29 heavy (non-hydrogen) atoms. The van der Waals surface area contributed by atoms with Gasteiger partial charge in [-0.05, 0) is 33.6 Å². The molecule has 1 aliphatic heterocycles. The number of benzene rings is 1. The van der Waals surface area contributed by atoms with Gasteiger partial charge in [0.25, 0.3) is 5.91 Å². The molecule has 3 aromatic rings. The molecule has 0 aliphatic carbocycles. The Morgan fingerprint density at radius 2 is 1.97 bits per heavy atom. The summed E-state index contributed by atoms with van der Waals surface area (Å²) >= 11 is 0. The van der Waals surface area contributed by atoms with E-state index in [1.54, 1.807) is 6.20 Å². The molecule has 0 saturated carbocycles. The summed E-state index contributed by atoms with van der Waals surface area (Å²) in [4.78, 5) is 28.9. The Hall–Kier alpha value is -3.02. The molecule has 0 radical (unpaired) electrons. The number of aryl methyl sites for hydroxylation is 1. The molecule has 150 valence electrons. The maximum atomic E-state index is 13.5. The lowest BCUT2D eigenvalue weighted by Gasteiger charge is -2.33. The number of piperidine rings is 1. The van der Waals surface area contributed by atoms with Gasteiger partial charge in [-0.1, -0.05) is 30.3 Å². The van der Waals surface area contributed by atoms with E-state index in [-0.39, 0.29) is 11.8 Å². The first-order chi connectivity index (χ1) is 14.0. The second-order valence-corrected chi connectivity index (χ2v) is 7.92. The van der Waals surface area contributed by atoms with Crippen LogP contribution < -0.4 is 0 Å². The third-order valence-corrected chi connectivity index (χ3v) is 5.52. The molecule has 2 aromatic heterocycles. The van der Waals surface area contributed by atoms with Crippen LogP contribution in [0.3, 0.4) is 0 Å². The summed E-state index contributed by atoms with van der Waals surface area (Å²) in [6.45, 7) is 7.59. The highest BCUT2D eigenvalue weighted by atomic mass is 16.2. The standard InChI is InChI=1S/C23H27N5O/c1-16(2)28-13-11-24-22(28)19-10-7-12-27(15-19)23(29)20-14-25-17(3)26-21(20)18-8-5-4-6-9-18/h4-6,8-9,11,13-14,16,19H,7,10,12,15H2,1-3H3. The van der Waals surface area contributed by atoms with Crippen LogP contribution in [0.25, 0.3) is 11.3 Å². The number of likely N-dealkylation sites (tertiary alicyclic amines) is 1. The minimum absolute atomic E-state index is 0.00351. The van der Waals surface area contributed by atoms with Crippen molar-refractivity contribution in [1.82, 2.24) is 24.4 Å². The quantitative estimate of drug-likeness (QED) is 0.669. The smallest absolute Gasteiger partial charge is 0.257 e. The third kappa shape index (κ3) is 3.92. The molecule has 3 heterocycles. The summed E-state index contributed by atoms with van der Waals surface area (Å²) < 4.78 is 2.21. The van der Waals surface area contributed by atoms with E-state index < -0.39 is 0 Å². The zero-order chi connectivity index (χ0) is 20.4. The fraction of sp³-hybridized carbons (Fsp3) is 0.391. The Bertz CT molecular complexity index is 996. The molecule has 6 nitrogen and oxygen atoms in total. The van der Waals surface area contributed by atoms with E-state index in [9.17, 15) is 4.79 Å². The van der Waals surface area contributed by atoms with Gasteiger partial charge in [0.15, 0.2) is 0 Å². The zero-order valence-electron chi connectivity index (χ0n) is 17.2. The van der Waals surface area contributed by atoms with Crippen LogP contribution in [0, 0.1) is 6.92 Å². The van der Waals surface area contributed by atoms with Crippen LogP contribution in [0.15, 0.2) is 48.9 Å². The number of hydrogen-bond donors (Lipinski definition) is 0. The van der Waals surface area contributed by atoms with E-state index in [1.807, 2.05) is 54.5 Å². The summed E-state index contributed by atoms with van der Waals surface area (Å²) in [5.74, 6) is 1.98. The fourth-order valence-corrected chi connectivity index (χ4v) is 4.06. The molecule has 0 bridgehead atoms. The van der Waals surface area contributed by atoms with Gasteiger partial charge in [0.05, 0.1) is 11.3 Å². The molecule has 1 atom stereocenters. The van der Waals surface area contributed by atoms with Gasteiger partial charge in [0.2, 0.25) is 0 Å². The first-order valence-corrected chi connectivity index (χ1v) is 10.3. The van der Waals surface area contributed by atoms with Gasteiger partial charge in [0.1, 0.15) is 11.6 Å². The van der Waals surface area contributed by atoms with Crippen molar-refractivity contribution in [2.24, 2.45) is 0 Å². The summed E-state index contributed by atoms with van der Waals surface area (Å²) in [6, 6.07) is 10.2. The number of carbonyl (C=O) groups excluding carboxylic acids is 1. The van der Waals surface area contributed by atoms with E-state index in [0.29, 0.717) is 29.7 Å². The predicted octanol–water partition coefficient (Wildman–Crippen LogP) is 4.25. The van der Waals surface area contributed by atoms with Crippen molar-refractivity contribution in [1.29, 1.82) is 0 Å². The number of amides is 1. The molecule has 1 amide bonds. The van der Waals surface area contributed by atoms with Crippen LogP contribution in [-0.4, -0.2) is 43.4 Å². The number of rotatable bonds is 4. The van der Waals surface area contributed by atoms with Gasteiger partial charge in [-0.3, -0.25) is 4.79 Å². The Morgan fingerprint density at radius 1 is 1.17 bits per heavy atom. The molecule has 1 aromatic carbocycles. The minimum atomic E-state index is -0.00351. The van der Waals surface area contributed by atoms with Gasteiger partial charge in [-0.2, -0.15) is 0 Å². The van der Waals surface area contributed by atoms with Crippen molar-refractivity contribution in [3.05, 3.63) is 66.1 Å². The number of carbonyl (C=O) groups is 1. The lowest BCUT2D eigenvalue weighted by Crippen LogP contribution is -2.40. The Kier molecular flexibility index (Phi) is 5.43. The lowest BCUT2D eigenvalue weighted by atomic mass is 9.95. The number of hydrogen-bond acceptors (Lipinski definition) is 4. The lowest BCUT2D eigenvalue weighted by molar-refractivity contribution is 0.0703. The molecular formula is C23H27N5O. The maximum Gasteiger partial charge on any atom is 0.257 e. The van der Waals surface area contributed by atoms with Crippen molar-refractivity contribution in [2.75, 3.05) is 13.1 Å². The molecule has 1 fully saturated rings. The van der Waals surface area contributed by atoms with E-state index >= 15 is 0 Å². The molecule has 1 saturated heterocycles. The third-order valence-electron chi connectivity index (χ3n) is 5.52. The van der Waals surface area contributed by atoms with Gasteiger partial charge >= 0.3 is 0 Å². The highest BCUT2D eigenvalue weighted by molar-refractivity contribution is 5.99. The van der Waals surface area contributed by atoms with Crippen molar-refractivity contribution in [3.63, 3.8) is 0 Å². The van der Waals surface area contributed by atoms with Gasteiger partial charge in [-0.25, -0.2) is 15.0 Å². The van der Waals surface area contributed by atoms with Crippen LogP contribution >= 0.6 is 0 Å². The topological polar surface area (TPSA) is 63.9 Å². The SMILES string of the molecule is Cc1ncc(C(=O)N2CCCC(c3nccn3C(C)C)C2)c(-c2ccccc2)n1. The fourth-order valence-electron chi connectivity index (χ4n) is 4.06. The van der Waals surface area contributed by atoms with Crippen LogP contribution in [0.2, 0.25) is 0 Å². The Morgan fingerprint density at radius 3 is 2.72 bits per heavy atom. The van der Waals surface area contributed by atoms with Crippen molar-refractivity contribution in [3.8, 4) is 11.3 Å². The average molecular weight is 390 g/mol. The van der Waals surface area contributed by atoms with Crippen LogP contribution in [-0.2, 0) is 0 Å². The average Bonchev–Trinajstić information content (AvgIpc) is 3.24. The van der Waals surface area contributed by atoms with E-state index in [1.165, 1.54) is 0 Å². The molecule has 4 rings (SSSR count). The highest BCUT2D eigenvalue weighted by Crippen LogP contribution is 2.30. The largest absolute Gasteiger partial charge is 0.338 e. The maximum absolute atomic E-state index is 13.5.